The van der Waals surface area contributed by atoms with Crippen molar-refractivity contribution in [2.24, 2.45) is 0 Å². The average Bonchev–Trinajstić information content (AvgIpc) is 3.26. The summed E-state index contributed by atoms with van der Waals surface area (Å²) in [6, 6.07) is 15.9. The largest absolute Gasteiger partial charge is 0.497 e. The number of hydrogen-bond donors (Lipinski definition) is 1. The van der Waals surface area contributed by atoms with E-state index in [9.17, 15) is 9.18 Å². The molecule has 0 unspecified atom stereocenters. The van der Waals surface area contributed by atoms with Crippen LogP contribution in [0.25, 0.3) is 11.3 Å². The van der Waals surface area contributed by atoms with E-state index in [1.165, 1.54) is 12.1 Å². The van der Waals surface area contributed by atoms with Crippen LogP contribution in [0.2, 0.25) is 0 Å². The number of anilines is 1. The van der Waals surface area contributed by atoms with Crippen LogP contribution in [0.15, 0.2) is 54.6 Å². The quantitative estimate of drug-likeness (QED) is 0.722. The third-order valence-electron chi connectivity index (χ3n) is 5.19. The van der Waals surface area contributed by atoms with Gasteiger partial charge in [-0.3, -0.25) is 9.89 Å². The molecule has 2 aromatic carbocycles. The molecule has 0 spiro atoms. The molecule has 0 radical (unpaired) electrons. The topological polar surface area (TPSA) is 61.5 Å². The maximum Gasteiger partial charge on any atom is 0.227 e. The number of benzene rings is 2. The van der Waals surface area contributed by atoms with Crippen molar-refractivity contribution in [1.29, 1.82) is 0 Å². The fourth-order valence-electron chi connectivity index (χ4n) is 3.47. The number of aromatic nitrogens is 2. The Balaban J connectivity index is 1.34. The molecule has 1 aromatic heterocycles. The van der Waals surface area contributed by atoms with E-state index < -0.39 is 0 Å². The lowest BCUT2D eigenvalue weighted by molar-refractivity contribution is -0.130. The van der Waals surface area contributed by atoms with E-state index in [2.05, 4.69) is 15.1 Å². The number of hydrogen-bond acceptors (Lipinski definition) is 4. The van der Waals surface area contributed by atoms with Crippen molar-refractivity contribution in [3.63, 3.8) is 0 Å². The summed E-state index contributed by atoms with van der Waals surface area (Å²) in [5, 5.41) is 7.52. The van der Waals surface area contributed by atoms with Gasteiger partial charge in [0.1, 0.15) is 11.6 Å². The molecule has 4 rings (SSSR count). The third kappa shape index (κ3) is 4.39. The van der Waals surface area contributed by atoms with Gasteiger partial charge in [-0.05, 0) is 47.5 Å². The first kappa shape index (κ1) is 19.0. The molecule has 0 saturated carbocycles. The SMILES string of the molecule is COc1ccc(-c2cc(N3CCN(C(=O)Cc4ccc(F)cc4)CC3)n[nH]2)cc1. The van der Waals surface area contributed by atoms with Gasteiger partial charge in [-0.1, -0.05) is 12.1 Å². The first-order valence-electron chi connectivity index (χ1n) is 9.59. The Hall–Kier alpha value is -3.35. The van der Waals surface area contributed by atoms with Crippen LogP contribution < -0.4 is 9.64 Å². The monoisotopic (exact) mass is 394 g/mol. The highest BCUT2D eigenvalue weighted by atomic mass is 19.1. The maximum absolute atomic E-state index is 13.0. The number of nitrogens with one attached hydrogen (secondary N) is 1. The molecular formula is C22H23FN4O2. The van der Waals surface area contributed by atoms with Gasteiger partial charge in [-0.25, -0.2) is 4.39 Å². The van der Waals surface area contributed by atoms with E-state index in [-0.39, 0.29) is 11.7 Å². The zero-order chi connectivity index (χ0) is 20.2. The highest BCUT2D eigenvalue weighted by Gasteiger charge is 2.22. The molecule has 2 heterocycles. The fraction of sp³-hybridized carbons (Fsp3) is 0.273. The van der Waals surface area contributed by atoms with Crippen LogP contribution in [0.1, 0.15) is 5.56 Å². The zero-order valence-corrected chi connectivity index (χ0v) is 16.3. The predicted octanol–water partition coefficient (Wildman–Crippen LogP) is 3.12. The lowest BCUT2D eigenvalue weighted by Crippen LogP contribution is -2.49. The number of carbonyl (C=O) groups excluding carboxylic acids is 1. The van der Waals surface area contributed by atoms with Gasteiger partial charge < -0.3 is 14.5 Å². The summed E-state index contributed by atoms with van der Waals surface area (Å²) < 4.78 is 18.2. The van der Waals surface area contributed by atoms with Gasteiger partial charge in [0.05, 0.1) is 19.2 Å². The van der Waals surface area contributed by atoms with Crippen LogP contribution in [0, 0.1) is 5.82 Å². The molecule has 1 aliphatic rings. The summed E-state index contributed by atoms with van der Waals surface area (Å²) in [6.07, 6.45) is 0.296. The Morgan fingerprint density at radius 3 is 2.41 bits per heavy atom. The van der Waals surface area contributed by atoms with Crippen molar-refractivity contribution in [3.05, 3.63) is 66.0 Å². The van der Waals surface area contributed by atoms with Gasteiger partial charge in [0.25, 0.3) is 0 Å². The smallest absolute Gasteiger partial charge is 0.227 e. The lowest BCUT2D eigenvalue weighted by atomic mass is 10.1. The van der Waals surface area contributed by atoms with E-state index >= 15 is 0 Å². The van der Waals surface area contributed by atoms with Crippen molar-refractivity contribution in [1.82, 2.24) is 15.1 Å². The van der Waals surface area contributed by atoms with Gasteiger partial charge in [0.15, 0.2) is 5.82 Å². The van der Waals surface area contributed by atoms with Gasteiger partial charge in [-0.15, -0.1) is 0 Å². The van der Waals surface area contributed by atoms with Gasteiger partial charge in [0.2, 0.25) is 5.91 Å². The van der Waals surface area contributed by atoms with Crippen molar-refractivity contribution < 1.29 is 13.9 Å². The lowest BCUT2D eigenvalue weighted by Gasteiger charge is -2.34. The van der Waals surface area contributed by atoms with E-state index in [1.807, 2.05) is 35.2 Å². The Morgan fingerprint density at radius 2 is 1.76 bits per heavy atom. The number of aromatic amines is 1. The third-order valence-corrected chi connectivity index (χ3v) is 5.19. The molecule has 0 bridgehead atoms. The summed E-state index contributed by atoms with van der Waals surface area (Å²) in [4.78, 5) is 16.5. The summed E-state index contributed by atoms with van der Waals surface area (Å²) in [5.74, 6) is 1.47. The van der Waals surface area contributed by atoms with Crippen molar-refractivity contribution in [3.8, 4) is 17.0 Å². The van der Waals surface area contributed by atoms with Crippen LogP contribution in [0.4, 0.5) is 10.2 Å². The minimum atomic E-state index is -0.289. The second-order valence-corrected chi connectivity index (χ2v) is 7.04. The second kappa shape index (κ2) is 8.34. The number of H-pyrrole nitrogens is 1. The average molecular weight is 394 g/mol. The van der Waals surface area contributed by atoms with Crippen LogP contribution in [-0.2, 0) is 11.2 Å². The van der Waals surface area contributed by atoms with E-state index in [4.69, 9.17) is 4.74 Å². The summed E-state index contributed by atoms with van der Waals surface area (Å²) in [7, 11) is 1.65. The summed E-state index contributed by atoms with van der Waals surface area (Å²) in [5.41, 5.74) is 2.81. The highest BCUT2D eigenvalue weighted by Crippen LogP contribution is 2.24. The summed E-state index contributed by atoms with van der Waals surface area (Å²) >= 11 is 0. The number of amides is 1. The van der Waals surface area contributed by atoms with Crippen molar-refractivity contribution in [2.45, 2.75) is 6.42 Å². The molecule has 1 N–H and O–H groups in total. The number of rotatable bonds is 5. The Morgan fingerprint density at radius 1 is 1.07 bits per heavy atom. The second-order valence-electron chi connectivity index (χ2n) is 7.04. The molecule has 1 fully saturated rings. The molecule has 1 amide bonds. The van der Waals surface area contributed by atoms with Gasteiger partial charge in [-0.2, -0.15) is 5.10 Å². The minimum absolute atomic E-state index is 0.0669. The zero-order valence-electron chi connectivity index (χ0n) is 16.3. The normalized spacial score (nSPS) is 14.1. The number of carbonyl (C=O) groups is 1. The summed E-state index contributed by atoms with van der Waals surface area (Å²) in [6.45, 7) is 2.74. The predicted molar refractivity (Wildman–Crippen MR) is 109 cm³/mol. The molecule has 6 nitrogen and oxygen atoms in total. The Bertz CT molecular complexity index is 961. The molecule has 1 aliphatic heterocycles. The van der Waals surface area contributed by atoms with Crippen molar-refractivity contribution >= 4 is 11.7 Å². The molecule has 0 aliphatic carbocycles. The first-order chi connectivity index (χ1) is 14.1. The van der Waals surface area contributed by atoms with Gasteiger partial charge in [0, 0.05) is 32.2 Å². The molecule has 3 aromatic rings. The molecule has 0 atom stereocenters. The number of halogens is 1. The number of ether oxygens (including phenoxy) is 1. The molecule has 7 heteroatoms. The van der Waals surface area contributed by atoms with E-state index in [1.54, 1.807) is 19.2 Å². The van der Waals surface area contributed by atoms with Gasteiger partial charge >= 0.3 is 0 Å². The Kier molecular flexibility index (Phi) is 5.46. The Labute approximate surface area is 168 Å². The minimum Gasteiger partial charge on any atom is -0.497 e. The van der Waals surface area contributed by atoms with E-state index in [0.29, 0.717) is 19.5 Å². The van der Waals surface area contributed by atoms with Crippen LogP contribution >= 0.6 is 0 Å². The number of piperazine rings is 1. The molecule has 150 valence electrons. The molecule has 1 saturated heterocycles. The van der Waals surface area contributed by atoms with Crippen LogP contribution in [0.5, 0.6) is 5.75 Å². The number of methoxy groups -OCH3 is 1. The van der Waals surface area contributed by atoms with Crippen molar-refractivity contribution in [2.75, 3.05) is 38.2 Å². The number of nitrogens with zero attached hydrogens (tertiary/aromatic N) is 3. The first-order valence-corrected chi connectivity index (χ1v) is 9.59. The molecular weight excluding hydrogens is 371 g/mol. The fourth-order valence-corrected chi connectivity index (χ4v) is 3.47. The molecule has 29 heavy (non-hydrogen) atoms. The van der Waals surface area contributed by atoms with E-state index in [0.717, 1.165) is 41.5 Å². The maximum atomic E-state index is 13.0. The highest BCUT2D eigenvalue weighted by molar-refractivity contribution is 5.79. The standard InChI is InChI=1S/C22H23FN4O2/c1-29-19-8-4-17(5-9-19)20-15-21(25-24-20)26-10-12-27(13-11-26)22(28)14-16-2-6-18(23)7-3-16/h2-9,15H,10-14H2,1H3,(H,24,25). The van der Waals surface area contributed by atoms with Crippen LogP contribution in [-0.4, -0.2) is 54.3 Å². The van der Waals surface area contributed by atoms with Crippen LogP contribution in [0.3, 0.4) is 0 Å².